The van der Waals surface area contributed by atoms with Crippen molar-refractivity contribution in [1.29, 1.82) is 0 Å². The zero-order valence-electron chi connectivity index (χ0n) is 9.41. The predicted molar refractivity (Wildman–Crippen MR) is 66.0 cm³/mol. The number of hydrogen-bond donors (Lipinski definition) is 0. The zero-order chi connectivity index (χ0) is 11.1. The molecule has 2 atom stereocenters. The number of fused-ring (bicyclic) bond motifs is 1. The highest BCUT2D eigenvalue weighted by atomic mass is 79.9. The summed E-state index contributed by atoms with van der Waals surface area (Å²) in [6, 6.07) is 2.12. The van der Waals surface area contributed by atoms with E-state index in [1.807, 2.05) is 0 Å². The number of rotatable bonds is 1. The minimum absolute atomic E-state index is 0.579. The number of halogens is 1. The molecule has 2 aliphatic rings. The molecule has 0 aromatic carbocycles. The average molecular weight is 286 g/mol. The van der Waals surface area contributed by atoms with Gasteiger partial charge in [0.2, 0.25) is 0 Å². The smallest absolute Gasteiger partial charge is 0.200 e. The fraction of sp³-hybridized carbons (Fsp3) is 0.667. The SMILES string of the molecule is CN1CC(C2CCCOC2)c2cc(Br)oc21. The standard InChI is InChI=1S/C12H16BrNO2/c1-14-6-10(8-3-2-4-15-7-8)9-5-11(13)16-12(9)14/h5,8,10H,2-4,6-7H2,1H3. The molecule has 3 heterocycles. The van der Waals surface area contributed by atoms with E-state index < -0.39 is 0 Å². The molecule has 16 heavy (non-hydrogen) atoms. The molecular formula is C12H16BrNO2. The van der Waals surface area contributed by atoms with Crippen molar-refractivity contribution in [2.75, 3.05) is 31.7 Å². The topological polar surface area (TPSA) is 25.6 Å². The highest BCUT2D eigenvalue weighted by Crippen LogP contribution is 2.44. The summed E-state index contributed by atoms with van der Waals surface area (Å²) in [4.78, 5) is 2.21. The zero-order valence-corrected chi connectivity index (χ0v) is 11.0. The third-order valence-electron chi connectivity index (χ3n) is 3.69. The molecule has 0 bridgehead atoms. The lowest BCUT2D eigenvalue weighted by atomic mass is 9.85. The summed E-state index contributed by atoms with van der Waals surface area (Å²) in [7, 11) is 2.10. The summed E-state index contributed by atoms with van der Waals surface area (Å²) in [6.07, 6.45) is 2.47. The first-order chi connectivity index (χ1) is 7.75. The van der Waals surface area contributed by atoms with Crippen LogP contribution < -0.4 is 4.90 Å². The second-order valence-electron chi connectivity index (χ2n) is 4.78. The van der Waals surface area contributed by atoms with Crippen molar-refractivity contribution < 1.29 is 9.15 Å². The van der Waals surface area contributed by atoms with Crippen LogP contribution >= 0.6 is 15.9 Å². The van der Waals surface area contributed by atoms with Gasteiger partial charge < -0.3 is 14.1 Å². The van der Waals surface area contributed by atoms with Crippen LogP contribution in [-0.4, -0.2) is 26.8 Å². The number of furan rings is 1. The Morgan fingerprint density at radius 2 is 2.38 bits per heavy atom. The molecular weight excluding hydrogens is 270 g/mol. The number of hydrogen-bond acceptors (Lipinski definition) is 3. The monoisotopic (exact) mass is 285 g/mol. The molecule has 1 aromatic rings. The van der Waals surface area contributed by atoms with Crippen LogP contribution in [0.2, 0.25) is 0 Å². The van der Waals surface area contributed by atoms with E-state index in [0.29, 0.717) is 11.8 Å². The van der Waals surface area contributed by atoms with E-state index in [4.69, 9.17) is 9.15 Å². The number of anilines is 1. The quantitative estimate of drug-likeness (QED) is 0.793. The maximum Gasteiger partial charge on any atom is 0.200 e. The van der Waals surface area contributed by atoms with Gasteiger partial charge in [-0.3, -0.25) is 0 Å². The molecule has 2 aliphatic heterocycles. The van der Waals surface area contributed by atoms with E-state index in [-0.39, 0.29) is 0 Å². The minimum Gasteiger partial charge on any atom is -0.434 e. The van der Waals surface area contributed by atoms with Crippen molar-refractivity contribution in [1.82, 2.24) is 0 Å². The average Bonchev–Trinajstić information content (AvgIpc) is 2.80. The van der Waals surface area contributed by atoms with Crippen LogP contribution in [0.5, 0.6) is 0 Å². The lowest BCUT2D eigenvalue weighted by Gasteiger charge is -2.27. The van der Waals surface area contributed by atoms with Crippen LogP contribution in [0.4, 0.5) is 5.88 Å². The Morgan fingerprint density at radius 1 is 1.50 bits per heavy atom. The Kier molecular flexibility index (Phi) is 2.72. The van der Waals surface area contributed by atoms with Crippen LogP contribution in [0.25, 0.3) is 0 Å². The molecule has 88 valence electrons. The Hall–Kier alpha value is -0.480. The van der Waals surface area contributed by atoms with Gasteiger partial charge in [-0.15, -0.1) is 0 Å². The van der Waals surface area contributed by atoms with Crippen molar-refractivity contribution in [2.24, 2.45) is 5.92 Å². The molecule has 2 unspecified atom stereocenters. The van der Waals surface area contributed by atoms with Crippen molar-refractivity contribution in [3.05, 3.63) is 16.3 Å². The molecule has 0 amide bonds. The molecule has 4 heteroatoms. The maximum absolute atomic E-state index is 5.66. The van der Waals surface area contributed by atoms with Crippen molar-refractivity contribution in [2.45, 2.75) is 18.8 Å². The summed E-state index contributed by atoms with van der Waals surface area (Å²) >= 11 is 3.41. The van der Waals surface area contributed by atoms with E-state index >= 15 is 0 Å². The fourth-order valence-electron chi connectivity index (χ4n) is 2.89. The van der Waals surface area contributed by atoms with Gasteiger partial charge in [0.05, 0.1) is 6.61 Å². The summed E-state index contributed by atoms with van der Waals surface area (Å²) in [5.74, 6) is 2.26. The molecule has 1 fully saturated rings. The summed E-state index contributed by atoms with van der Waals surface area (Å²) in [5.41, 5.74) is 1.35. The summed E-state index contributed by atoms with van der Waals surface area (Å²) in [5, 5.41) is 0. The van der Waals surface area contributed by atoms with Gasteiger partial charge in [0.1, 0.15) is 0 Å². The molecule has 0 saturated carbocycles. The van der Waals surface area contributed by atoms with Gasteiger partial charge in [0.25, 0.3) is 0 Å². The van der Waals surface area contributed by atoms with E-state index in [2.05, 4.69) is 33.9 Å². The molecule has 1 saturated heterocycles. The molecule has 0 radical (unpaired) electrons. The van der Waals surface area contributed by atoms with Gasteiger partial charge in [0, 0.05) is 31.7 Å². The number of likely N-dealkylation sites (N-methyl/N-ethyl adjacent to an activating group) is 1. The number of ether oxygens (including phenoxy) is 1. The first kappa shape index (κ1) is 10.7. The molecule has 3 rings (SSSR count). The normalized spacial score (nSPS) is 29.5. The second kappa shape index (κ2) is 4.08. The minimum atomic E-state index is 0.579. The molecule has 3 nitrogen and oxygen atoms in total. The van der Waals surface area contributed by atoms with Crippen LogP contribution in [0.15, 0.2) is 15.2 Å². The van der Waals surface area contributed by atoms with E-state index in [0.717, 1.165) is 30.3 Å². The second-order valence-corrected chi connectivity index (χ2v) is 5.56. The van der Waals surface area contributed by atoms with Crippen molar-refractivity contribution in [3.8, 4) is 0 Å². The fourth-order valence-corrected chi connectivity index (χ4v) is 3.29. The largest absolute Gasteiger partial charge is 0.434 e. The first-order valence-electron chi connectivity index (χ1n) is 5.84. The Bertz CT molecular complexity index is 384. The molecule has 0 N–H and O–H groups in total. The van der Waals surface area contributed by atoms with Crippen LogP contribution in [-0.2, 0) is 4.74 Å². The summed E-state index contributed by atoms with van der Waals surface area (Å²) in [6.45, 7) is 2.90. The lowest BCUT2D eigenvalue weighted by Crippen LogP contribution is -2.27. The van der Waals surface area contributed by atoms with Gasteiger partial charge in [-0.05, 0) is 40.8 Å². The summed E-state index contributed by atoms with van der Waals surface area (Å²) < 4.78 is 12.1. The van der Waals surface area contributed by atoms with Gasteiger partial charge in [-0.1, -0.05) is 0 Å². The van der Waals surface area contributed by atoms with E-state index in [1.165, 1.54) is 18.4 Å². The van der Waals surface area contributed by atoms with E-state index in [9.17, 15) is 0 Å². The molecule has 0 aliphatic carbocycles. The van der Waals surface area contributed by atoms with Gasteiger partial charge in [-0.2, -0.15) is 0 Å². The van der Waals surface area contributed by atoms with Gasteiger partial charge >= 0.3 is 0 Å². The number of nitrogens with zero attached hydrogens (tertiary/aromatic N) is 1. The third-order valence-corrected chi connectivity index (χ3v) is 4.08. The Balaban J connectivity index is 1.86. The van der Waals surface area contributed by atoms with Crippen molar-refractivity contribution >= 4 is 21.8 Å². The Morgan fingerprint density at radius 3 is 3.12 bits per heavy atom. The molecule has 1 aromatic heterocycles. The van der Waals surface area contributed by atoms with Crippen LogP contribution in [0, 0.1) is 5.92 Å². The van der Waals surface area contributed by atoms with Crippen molar-refractivity contribution in [3.63, 3.8) is 0 Å². The van der Waals surface area contributed by atoms with E-state index in [1.54, 1.807) is 0 Å². The van der Waals surface area contributed by atoms with Crippen LogP contribution in [0.1, 0.15) is 24.3 Å². The van der Waals surface area contributed by atoms with Gasteiger partial charge in [-0.25, -0.2) is 0 Å². The highest BCUT2D eigenvalue weighted by Gasteiger charge is 2.36. The Labute approximate surface area is 104 Å². The third kappa shape index (κ3) is 1.68. The highest BCUT2D eigenvalue weighted by molar-refractivity contribution is 9.10. The lowest BCUT2D eigenvalue weighted by molar-refractivity contribution is 0.0460. The predicted octanol–water partition coefficient (Wildman–Crippen LogP) is 3.00. The maximum atomic E-state index is 5.66. The molecule has 0 spiro atoms. The van der Waals surface area contributed by atoms with Gasteiger partial charge in [0.15, 0.2) is 10.6 Å². The van der Waals surface area contributed by atoms with Crippen LogP contribution in [0.3, 0.4) is 0 Å². The first-order valence-corrected chi connectivity index (χ1v) is 6.63.